The van der Waals surface area contributed by atoms with Crippen molar-refractivity contribution >= 4 is 0 Å². The lowest BCUT2D eigenvalue weighted by molar-refractivity contribution is 0.0723. The average molecular weight is 118 g/mol. The van der Waals surface area contributed by atoms with Crippen LogP contribution in [0.3, 0.4) is 0 Å². The van der Waals surface area contributed by atoms with Crippen LogP contribution in [0, 0.1) is 11.8 Å². The van der Waals surface area contributed by atoms with Gasteiger partial charge in [-0.15, -0.1) is 0 Å². The molecule has 0 aromatic carbocycles. The van der Waals surface area contributed by atoms with Gasteiger partial charge >= 0.3 is 0 Å². The predicted molar refractivity (Wildman–Crippen MR) is 29.3 cm³/mol. The summed E-state index contributed by atoms with van der Waals surface area (Å²) >= 11 is 0. The van der Waals surface area contributed by atoms with Gasteiger partial charge in [0.1, 0.15) is 0 Å². The van der Waals surface area contributed by atoms with Crippen LogP contribution >= 0.6 is 0 Å². The second kappa shape index (κ2) is 2.44. The number of hydrogen-bond acceptors (Lipinski definition) is 1. The normalized spacial score (nSPS) is 36.8. The third kappa shape index (κ3) is 0.848. The Bertz CT molecular complexity index is 60.9. The van der Waals surface area contributed by atoms with E-state index in [0.29, 0.717) is 0 Å². The molecule has 0 saturated heterocycles. The Morgan fingerprint density at radius 3 is 2.12 bits per heavy atom. The van der Waals surface area contributed by atoms with Gasteiger partial charge in [0.25, 0.3) is 0 Å². The molecule has 0 amide bonds. The van der Waals surface area contributed by atoms with E-state index in [0.717, 1.165) is 12.8 Å². The average Bonchev–Trinajstić information content (AvgIpc) is 1.66. The summed E-state index contributed by atoms with van der Waals surface area (Å²) in [6.45, 7) is -0.0696. The molecule has 0 aliphatic heterocycles. The standard InChI is InChI=1S/C6H11FO/c7-3-5-1-2-6(5)4-8/h5-6,8H,1-4H2/t5-,6-/m0/s1. The van der Waals surface area contributed by atoms with Gasteiger partial charge < -0.3 is 5.11 Å². The molecule has 1 fully saturated rings. The summed E-state index contributed by atoms with van der Waals surface area (Å²) in [4.78, 5) is 0. The molecule has 48 valence electrons. The quantitative estimate of drug-likeness (QED) is 0.573. The molecule has 0 aromatic heterocycles. The Balaban J connectivity index is 2.16. The highest BCUT2D eigenvalue weighted by Gasteiger charge is 2.29. The zero-order valence-electron chi connectivity index (χ0n) is 4.81. The van der Waals surface area contributed by atoms with E-state index >= 15 is 0 Å². The van der Waals surface area contributed by atoms with Gasteiger partial charge in [-0.25, -0.2) is 0 Å². The van der Waals surface area contributed by atoms with Crippen molar-refractivity contribution in [2.75, 3.05) is 13.3 Å². The van der Waals surface area contributed by atoms with E-state index in [9.17, 15) is 4.39 Å². The number of hydrogen-bond donors (Lipinski definition) is 1. The van der Waals surface area contributed by atoms with Gasteiger partial charge in [-0.1, -0.05) is 0 Å². The molecule has 0 spiro atoms. The molecule has 2 atom stereocenters. The van der Waals surface area contributed by atoms with Crippen LogP contribution in [0.2, 0.25) is 0 Å². The van der Waals surface area contributed by atoms with Crippen molar-refractivity contribution in [3.05, 3.63) is 0 Å². The van der Waals surface area contributed by atoms with Crippen molar-refractivity contribution < 1.29 is 9.50 Å². The summed E-state index contributed by atoms with van der Waals surface area (Å²) in [5.41, 5.74) is 0. The molecular weight excluding hydrogens is 107 g/mol. The Hall–Kier alpha value is -0.110. The van der Waals surface area contributed by atoms with Gasteiger partial charge in [0, 0.05) is 6.61 Å². The van der Waals surface area contributed by atoms with E-state index in [1.807, 2.05) is 0 Å². The Kier molecular flexibility index (Phi) is 1.84. The van der Waals surface area contributed by atoms with Crippen LogP contribution in [-0.4, -0.2) is 18.4 Å². The first-order valence-corrected chi connectivity index (χ1v) is 3.05. The van der Waals surface area contributed by atoms with E-state index in [1.54, 1.807) is 0 Å². The third-order valence-corrected chi connectivity index (χ3v) is 2.01. The minimum Gasteiger partial charge on any atom is -0.396 e. The second-order valence-corrected chi connectivity index (χ2v) is 2.43. The molecule has 0 heterocycles. The topological polar surface area (TPSA) is 20.2 Å². The molecular formula is C6H11FO. The summed E-state index contributed by atoms with van der Waals surface area (Å²) in [5, 5.41) is 8.52. The zero-order chi connectivity index (χ0) is 5.98. The van der Waals surface area contributed by atoms with Crippen LogP contribution in [0.15, 0.2) is 0 Å². The zero-order valence-corrected chi connectivity index (χ0v) is 4.81. The SMILES string of the molecule is OC[C@@H]1CC[C@H]1CF. The van der Waals surface area contributed by atoms with Crippen LogP contribution in [0.25, 0.3) is 0 Å². The summed E-state index contributed by atoms with van der Waals surface area (Å²) < 4.78 is 11.8. The van der Waals surface area contributed by atoms with Gasteiger partial charge in [-0.05, 0) is 24.7 Å². The fraction of sp³-hybridized carbons (Fsp3) is 1.00. The van der Waals surface area contributed by atoms with Crippen LogP contribution in [0.4, 0.5) is 4.39 Å². The maximum atomic E-state index is 11.8. The van der Waals surface area contributed by atoms with Crippen LogP contribution in [-0.2, 0) is 0 Å². The van der Waals surface area contributed by atoms with Crippen molar-refractivity contribution in [2.45, 2.75) is 12.8 Å². The molecule has 1 nitrogen and oxygen atoms in total. The van der Waals surface area contributed by atoms with Gasteiger partial charge in [-0.3, -0.25) is 4.39 Å². The maximum Gasteiger partial charge on any atom is 0.0926 e. The number of aliphatic hydroxyl groups is 1. The molecule has 0 unspecified atom stereocenters. The van der Waals surface area contributed by atoms with Crippen molar-refractivity contribution in [1.29, 1.82) is 0 Å². The minimum absolute atomic E-state index is 0.175. The van der Waals surface area contributed by atoms with Crippen LogP contribution < -0.4 is 0 Å². The molecule has 0 bridgehead atoms. The third-order valence-electron chi connectivity index (χ3n) is 2.01. The van der Waals surface area contributed by atoms with Gasteiger partial charge in [-0.2, -0.15) is 0 Å². The monoisotopic (exact) mass is 118 g/mol. The molecule has 2 heteroatoms. The van der Waals surface area contributed by atoms with E-state index in [4.69, 9.17) is 5.11 Å². The summed E-state index contributed by atoms with van der Waals surface area (Å²) in [6, 6.07) is 0. The summed E-state index contributed by atoms with van der Waals surface area (Å²) in [7, 11) is 0. The fourth-order valence-corrected chi connectivity index (χ4v) is 1.08. The fourth-order valence-electron chi connectivity index (χ4n) is 1.08. The lowest BCUT2D eigenvalue weighted by atomic mass is 9.75. The molecule has 1 aliphatic rings. The van der Waals surface area contributed by atoms with E-state index in [2.05, 4.69) is 0 Å². The molecule has 1 saturated carbocycles. The number of halogens is 1. The first kappa shape index (κ1) is 6.02. The lowest BCUT2D eigenvalue weighted by Gasteiger charge is -2.32. The molecule has 1 aliphatic carbocycles. The lowest BCUT2D eigenvalue weighted by Crippen LogP contribution is -2.30. The van der Waals surface area contributed by atoms with Gasteiger partial charge in [0.15, 0.2) is 0 Å². The first-order chi connectivity index (χ1) is 3.88. The van der Waals surface area contributed by atoms with Crippen molar-refractivity contribution in [3.63, 3.8) is 0 Å². The van der Waals surface area contributed by atoms with Gasteiger partial charge in [0.05, 0.1) is 6.67 Å². The van der Waals surface area contributed by atoms with Gasteiger partial charge in [0.2, 0.25) is 0 Å². The van der Waals surface area contributed by atoms with Crippen LogP contribution in [0.1, 0.15) is 12.8 Å². The smallest absolute Gasteiger partial charge is 0.0926 e. The highest BCUT2D eigenvalue weighted by atomic mass is 19.1. The second-order valence-electron chi connectivity index (χ2n) is 2.43. The van der Waals surface area contributed by atoms with Crippen molar-refractivity contribution in [1.82, 2.24) is 0 Å². The van der Waals surface area contributed by atoms with E-state index in [1.165, 1.54) is 0 Å². The number of aliphatic hydroxyl groups excluding tert-OH is 1. The van der Waals surface area contributed by atoms with E-state index < -0.39 is 0 Å². The largest absolute Gasteiger partial charge is 0.396 e. The van der Waals surface area contributed by atoms with E-state index in [-0.39, 0.29) is 25.1 Å². The summed E-state index contributed by atoms with van der Waals surface area (Å²) in [5.74, 6) is 0.458. The molecule has 0 radical (unpaired) electrons. The number of alkyl halides is 1. The predicted octanol–water partition coefficient (Wildman–Crippen LogP) is 0.974. The van der Waals surface area contributed by atoms with Crippen molar-refractivity contribution in [3.8, 4) is 0 Å². The maximum absolute atomic E-state index is 11.8. The highest BCUT2D eigenvalue weighted by Crippen LogP contribution is 2.33. The summed E-state index contributed by atoms with van der Waals surface area (Å²) in [6.07, 6.45) is 1.99. The minimum atomic E-state index is -0.245. The van der Waals surface area contributed by atoms with Crippen LogP contribution in [0.5, 0.6) is 0 Å². The highest BCUT2D eigenvalue weighted by molar-refractivity contribution is 4.78. The molecule has 8 heavy (non-hydrogen) atoms. The molecule has 1 rings (SSSR count). The Morgan fingerprint density at radius 1 is 1.38 bits per heavy atom. The first-order valence-electron chi connectivity index (χ1n) is 3.05. The van der Waals surface area contributed by atoms with Crippen molar-refractivity contribution in [2.24, 2.45) is 11.8 Å². The Labute approximate surface area is 48.5 Å². The molecule has 1 N–H and O–H groups in total. The molecule has 0 aromatic rings. The Morgan fingerprint density at radius 2 is 2.00 bits per heavy atom. The number of rotatable bonds is 2.